The minimum absolute atomic E-state index is 0.295. The smallest absolute Gasteiger partial charge is 0.0662 e. The SMILES string of the molecule is NC1CCCCN(CCC2(O)CC2)C1. The molecule has 3 N–H and O–H groups in total. The van der Waals surface area contributed by atoms with Crippen LogP contribution in [0.5, 0.6) is 0 Å². The first kappa shape index (κ1) is 10.4. The molecule has 1 aliphatic heterocycles. The van der Waals surface area contributed by atoms with Crippen molar-refractivity contribution in [2.24, 2.45) is 5.73 Å². The maximum absolute atomic E-state index is 9.74. The first-order chi connectivity index (χ1) is 6.68. The van der Waals surface area contributed by atoms with E-state index in [1.165, 1.54) is 25.8 Å². The van der Waals surface area contributed by atoms with Crippen LogP contribution in [0.2, 0.25) is 0 Å². The predicted octanol–water partition coefficient (Wildman–Crippen LogP) is 0.715. The quantitative estimate of drug-likeness (QED) is 0.702. The van der Waals surface area contributed by atoms with Gasteiger partial charge in [-0.3, -0.25) is 0 Å². The van der Waals surface area contributed by atoms with Gasteiger partial charge in [0.05, 0.1) is 5.60 Å². The van der Waals surface area contributed by atoms with Crippen molar-refractivity contribution in [1.82, 2.24) is 4.90 Å². The lowest BCUT2D eigenvalue weighted by Crippen LogP contribution is -2.37. The van der Waals surface area contributed by atoms with Crippen LogP contribution in [0.25, 0.3) is 0 Å². The van der Waals surface area contributed by atoms with Crippen LogP contribution in [0.1, 0.15) is 38.5 Å². The summed E-state index contributed by atoms with van der Waals surface area (Å²) in [6.45, 7) is 3.23. The number of rotatable bonds is 3. The van der Waals surface area contributed by atoms with E-state index >= 15 is 0 Å². The predicted molar refractivity (Wildman–Crippen MR) is 57.1 cm³/mol. The summed E-state index contributed by atoms with van der Waals surface area (Å²) in [4.78, 5) is 2.42. The van der Waals surface area contributed by atoms with Gasteiger partial charge in [-0.2, -0.15) is 0 Å². The summed E-state index contributed by atoms with van der Waals surface area (Å²) < 4.78 is 0. The molecular formula is C11H22N2O. The van der Waals surface area contributed by atoms with Crippen molar-refractivity contribution in [2.45, 2.75) is 50.2 Å². The Bertz CT molecular complexity index is 192. The van der Waals surface area contributed by atoms with Gasteiger partial charge in [0.25, 0.3) is 0 Å². The second-order valence-electron chi connectivity index (χ2n) is 5.03. The van der Waals surface area contributed by atoms with Gasteiger partial charge in [-0.05, 0) is 38.6 Å². The number of likely N-dealkylation sites (tertiary alicyclic amines) is 1. The van der Waals surface area contributed by atoms with E-state index in [1.807, 2.05) is 0 Å². The summed E-state index contributed by atoms with van der Waals surface area (Å²) in [6.07, 6.45) is 6.66. The average Bonchev–Trinajstić information content (AvgIpc) is 2.89. The zero-order valence-electron chi connectivity index (χ0n) is 8.91. The third-order valence-electron chi connectivity index (χ3n) is 3.51. The third-order valence-corrected chi connectivity index (χ3v) is 3.51. The molecule has 3 heteroatoms. The van der Waals surface area contributed by atoms with Gasteiger partial charge in [-0.15, -0.1) is 0 Å². The van der Waals surface area contributed by atoms with E-state index < -0.39 is 0 Å². The van der Waals surface area contributed by atoms with Gasteiger partial charge in [0.2, 0.25) is 0 Å². The van der Waals surface area contributed by atoms with Crippen molar-refractivity contribution in [3.63, 3.8) is 0 Å². The zero-order valence-corrected chi connectivity index (χ0v) is 8.91. The van der Waals surface area contributed by atoms with Gasteiger partial charge in [0.1, 0.15) is 0 Å². The van der Waals surface area contributed by atoms with Crippen LogP contribution in [-0.4, -0.2) is 41.3 Å². The number of aliphatic hydroxyl groups is 1. The molecule has 0 amide bonds. The topological polar surface area (TPSA) is 49.5 Å². The molecule has 1 unspecified atom stereocenters. The first-order valence-electron chi connectivity index (χ1n) is 5.88. The van der Waals surface area contributed by atoms with E-state index in [0.717, 1.165) is 32.4 Å². The average molecular weight is 198 g/mol. The monoisotopic (exact) mass is 198 g/mol. The molecule has 0 aromatic heterocycles. The number of nitrogens with two attached hydrogens (primary N) is 1. The molecule has 2 aliphatic rings. The van der Waals surface area contributed by atoms with Gasteiger partial charge in [0, 0.05) is 19.1 Å². The lowest BCUT2D eigenvalue weighted by Gasteiger charge is -2.23. The molecule has 0 aromatic rings. The highest BCUT2D eigenvalue weighted by atomic mass is 16.3. The Balaban J connectivity index is 1.72. The molecule has 14 heavy (non-hydrogen) atoms. The number of nitrogens with zero attached hydrogens (tertiary/aromatic N) is 1. The van der Waals surface area contributed by atoms with Crippen LogP contribution >= 0.6 is 0 Å². The fourth-order valence-electron chi connectivity index (χ4n) is 2.22. The van der Waals surface area contributed by atoms with Crippen LogP contribution in [0.4, 0.5) is 0 Å². The molecule has 0 radical (unpaired) electrons. The molecule has 2 rings (SSSR count). The van der Waals surface area contributed by atoms with E-state index in [0.29, 0.717) is 6.04 Å². The highest BCUT2D eigenvalue weighted by Crippen LogP contribution is 2.38. The molecule has 1 saturated carbocycles. The largest absolute Gasteiger partial charge is 0.390 e. The van der Waals surface area contributed by atoms with Crippen molar-refractivity contribution in [1.29, 1.82) is 0 Å². The Morgan fingerprint density at radius 2 is 2.14 bits per heavy atom. The first-order valence-corrected chi connectivity index (χ1v) is 5.88. The fourth-order valence-corrected chi connectivity index (χ4v) is 2.22. The van der Waals surface area contributed by atoms with Crippen molar-refractivity contribution in [3.8, 4) is 0 Å². The minimum atomic E-state index is -0.295. The van der Waals surface area contributed by atoms with E-state index in [4.69, 9.17) is 5.73 Å². The standard InChI is InChI=1S/C11H22N2O/c12-10-3-1-2-7-13(9-10)8-6-11(14)4-5-11/h10,14H,1-9,12H2. The van der Waals surface area contributed by atoms with Crippen molar-refractivity contribution < 1.29 is 5.11 Å². The summed E-state index contributed by atoms with van der Waals surface area (Å²) in [6, 6.07) is 0.353. The second-order valence-corrected chi connectivity index (χ2v) is 5.03. The molecule has 1 atom stereocenters. The second kappa shape index (κ2) is 4.17. The van der Waals surface area contributed by atoms with Gasteiger partial charge in [-0.1, -0.05) is 6.42 Å². The molecular weight excluding hydrogens is 176 g/mol. The number of hydrogen-bond acceptors (Lipinski definition) is 3. The van der Waals surface area contributed by atoms with Crippen LogP contribution in [0.15, 0.2) is 0 Å². The van der Waals surface area contributed by atoms with Crippen molar-refractivity contribution >= 4 is 0 Å². The maximum atomic E-state index is 9.74. The van der Waals surface area contributed by atoms with Gasteiger partial charge < -0.3 is 15.7 Å². The van der Waals surface area contributed by atoms with Crippen LogP contribution < -0.4 is 5.73 Å². The minimum Gasteiger partial charge on any atom is -0.390 e. The summed E-state index contributed by atoms with van der Waals surface area (Å²) >= 11 is 0. The Morgan fingerprint density at radius 3 is 2.86 bits per heavy atom. The molecule has 1 heterocycles. The molecule has 3 nitrogen and oxygen atoms in total. The van der Waals surface area contributed by atoms with Crippen LogP contribution in [0, 0.1) is 0 Å². The lowest BCUT2D eigenvalue weighted by molar-refractivity contribution is 0.118. The van der Waals surface area contributed by atoms with Gasteiger partial charge in [0.15, 0.2) is 0 Å². The van der Waals surface area contributed by atoms with Crippen LogP contribution in [0.3, 0.4) is 0 Å². The summed E-state index contributed by atoms with van der Waals surface area (Å²) in [5, 5.41) is 9.74. The summed E-state index contributed by atoms with van der Waals surface area (Å²) in [5.74, 6) is 0. The van der Waals surface area contributed by atoms with E-state index in [-0.39, 0.29) is 5.60 Å². The summed E-state index contributed by atoms with van der Waals surface area (Å²) in [7, 11) is 0. The van der Waals surface area contributed by atoms with E-state index in [2.05, 4.69) is 4.90 Å². The lowest BCUT2D eigenvalue weighted by atomic mass is 10.1. The van der Waals surface area contributed by atoms with Gasteiger partial charge in [-0.25, -0.2) is 0 Å². The molecule has 1 saturated heterocycles. The Labute approximate surface area is 86.3 Å². The third kappa shape index (κ3) is 2.94. The normalized spacial score (nSPS) is 32.6. The summed E-state index contributed by atoms with van der Waals surface area (Å²) in [5.41, 5.74) is 5.68. The molecule has 2 fully saturated rings. The van der Waals surface area contributed by atoms with Crippen molar-refractivity contribution in [3.05, 3.63) is 0 Å². The molecule has 0 aromatic carbocycles. The van der Waals surface area contributed by atoms with E-state index in [1.54, 1.807) is 0 Å². The van der Waals surface area contributed by atoms with Crippen molar-refractivity contribution in [2.75, 3.05) is 19.6 Å². The highest BCUT2D eigenvalue weighted by molar-refractivity contribution is 4.94. The Morgan fingerprint density at radius 1 is 1.36 bits per heavy atom. The number of hydrogen-bond donors (Lipinski definition) is 2. The molecule has 1 aliphatic carbocycles. The Kier molecular flexibility index (Phi) is 3.10. The molecule has 0 spiro atoms. The fraction of sp³-hybridized carbons (Fsp3) is 1.00. The van der Waals surface area contributed by atoms with Gasteiger partial charge >= 0.3 is 0 Å². The molecule has 0 bridgehead atoms. The van der Waals surface area contributed by atoms with Crippen LogP contribution in [-0.2, 0) is 0 Å². The highest BCUT2D eigenvalue weighted by Gasteiger charge is 2.39. The zero-order chi connectivity index (χ0) is 10.0. The van der Waals surface area contributed by atoms with E-state index in [9.17, 15) is 5.11 Å². The molecule has 82 valence electrons. The maximum Gasteiger partial charge on any atom is 0.0662 e. The Hall–Kier alpha value is -0.120.